The Bertz CT molecular complexity index is 1500. The standard InChI is InChI=1S/C27H27F3N4O5S/c1-36-21-12-19-20(13-22(21)38-11-8-33-6-9-37-10-7-33)34(16-32-19)24-14-23(25(40-24)26(31)35)39-15-17-4-2-3-5-18(17)27(28,29)30/h2-5,12-14,16H,6-11,15H2,1H3,(H2,31,35). The molecule has 212 valence electrons. The zero-order valence-electron chi connectivity index (χ0n) is 21.6. The number of fused-ring (bicyclic) bond motifs is 1. The van der Waals surface area contributed by atoms with E-state index in [-0.39, 0.29) is 16.2 Å². The number of hydrogen-bond acceptors (Lipinski definition) is 8. The number of halogens is 3. The van der Waals surface area contributed by atoms with Crippen LogP contribution in [0.2, 0.25) is 0 Å². The van der Waals surface area contributed by atoms with Gasteiger partial charge < -0.3 is 24.7 Å². The molecule has 0 aliphatic carbocycles. The largest absolute Gasteiger partial charge is 0.493 e. The molecule has 13 heteroatoms. The number of rotatable bonds is 10. The lowest BCUT2D eigenvalue weighted by molar-refractivity contribution is -0.138. The van der Waals surface area contributed by atoms with Crippen molar-refractivity contribution in [2.24, 2.45) is 5.73 Å². The molecule has 1 fully saturated rings. The maximum absolute atomic E-state index is 13.4. The molecule has 2 aromatic carbocycles. The lowest BCUT2D eigenvalue weighted by Gasteiger charge is -2.26. The number of amides is 1. The van der Waals surface area contributed by atoms with Gasteiger partial charge in [-0.3, -0.25) is 14.3 Å². The number of nitrogens with zero attached hydrogens (tertiary/aromatic N) is 3. The molecule has 2 N–H and O–H groups in total. The van der Waals surface area contributed by atoms with Crippen LogP contribution in [0.3, 0.4) is 0 Å². The number of nitrogens with two attached hydrogens (primary N) is 1. The molecule has 0 atom stereocenters. The van der Waals surface area contributed by atoms with Crippen molar-refractivity contribution in [1.29, 1.82) is 0 Å². The maximum Gasteiger partial charge on any atom is 0.416 e. The lowest BCUT2D eigenvalue weighted by Crippen LogP contribution is -2.38. The second-order valence-electron chi connectivity index (χ2n) is 8.99. The Labute approximate surface area is 231 Å². The molecule has 2 aromatic heterocycles. The van der Waals surface area contributed by atoms with E-state index in [2.05, 4.69) is 9.88 Å². The molecule has 5 rings (SSSR count). The number of carbonyl (C=O) groups excluding carboxylic acids is 1. The van der Waals surface area contributed by atoms with Crippen molar-refractivity contribution in [1.82, 2.24) is 14.5 Å². The van der Waals surface area contributed by atoms with Gasteiger partial charge in [0, 0.05) is 43.4 Å². The molecule has 3 heterocycles. The fourth-order valence-corrected chi connectivity index (χ4v) is 5.35. The van der Waals surface area contributed by atoms with E-state index in [1.807, 2.05) is 0 Å². The number of carbonyl (C=O) groups is 1. The zero-order chi connectivity index (χ0) is 28.3. The summed E-state index contributed by atoms with van der Waals surface area (Å²) in [6.07, 6.45) is -2.97. The highest BCUT2D eigenvalue weighted by Crippen LogP contribution is 2.38. The molecule has 1 aliphatic rings. The van der Waals surface area contributed by atoms with Crippen LogP contribution in [0.25, 0.3) is 16.0 Å². The minimum Gasteiger partial charge on any atom is -0.493 e. The van der Waals surface area contributed by atoms with E-state index in [1.54, 1.807) is 36.2 Å². The molecule has 1 aliphatic heterocycles. The number of thiophene rings is 1. The van der Waals surface area contributed by atoms with E-state index < -0.39 is 24.3 Å². The molecule has 0 unspecified atom stereocenters. The van der Waals surface area contributed by atoms with Crippen LogP contribution in [0.15, 0.2) is 48.8 Å². The topological polar surface area (TPSA) is 101 Å². The second-order valence-corrected chi connectivity index (χ2v) is 10.0. The first-order chi connectivity index (χ1) is 19.2. The average Bonchev–Trinajstić information content (AvgIpc) is 3.55. The summed E-state index contributed by atoms with van der Waals surface area (Å²) in [5, 5.41) is 0.542. The first kappa shape index (κ1) is 27.7. The van der Waals surface area contributed by atoms with E-state index in [9.17, 15) is 18.0 Å². The number of morpholine rings is 1. The highest BCUT2D eigenvalue weighted by atomic mass is 32.1. The lowest BCUT2D eigenvalue weighted by atomic mass is 10.1. The van der Waals surface area contributed by atoms with E-state index in [0.29, 0.717) is 47.4 Å². The van der Waals surface area contributed by atoms with Crippen molar-refractivity contribution >= 4 is 28.3 Å². The minimum atomic E-state index is -4.54. The Morgan fingerprint density at radius 2 is 1.88 bits per heavy atom. The fraction of sp³-hybridized carbons (Fsp3) is 0.333. The van der Waals surface area contributed by atoms with Gasteiger partial charge in [-0.2, -0.15) is 13.2 Å². The van der Waals surface area contributed by atoms with Crippen molar-refractivity contribution in [3.05, 3.63) is 64.8 Å². The molecule has 0 bridgehead atoms. The van der Waals surface area contributed by atoms with Crippen LogP contribution in [0.5, 0.6) is 17.2 Å². The zero-order valence-corrected chi connectivity index (χ0v) is 22.4. The van der Waals surface area contributed by atoms with E-state index in [4.69, 9.17) is 24.7 Å². The van der Waals surface area contributed by atoms with Crippen molar-refractivity contribution in [2.75, 3.05) is 46.6 Å². The number of methoxy groups -OCH3 is 1. The van der Waals surface area contributed by atoms with Crippen LogP contribution in [0.4, 0.5) is 13.2 Å². The quantitative estimate of drug-likeness (QED) is 0.297. The summed E-state index contributed by atoms with van der Waals surface area (Å²) in [6, 6.07) is 10.2. The molecular formula is C27H27F3N4O5S. The predicted molar refractivity (Wildman–Crippen MR) is 143 cm³/mol. The highest BCUT2D eigenvalue weighted by Gasteiger charge is 2.33. The van der Waals surface area contributed by atoms with Crippen LogP contribution in [0, 0.1) is 0 Å². The molecule has 0 radical (unpaired) electrons. The number of aromatic nitrogens is 2. The van der Waals surface area contributed by atoms with Crippen LogP contribution in [0.1, 0.15) is 20.8 Å². The van der Waals surface area contributed by atoms with Crippen LogP contribution >= 0.6 is 11.3 Å². The second kappa shape index (κ2) is 11.7. The van der Waals surface area contributed by atoms with Gasteiger partial charge in [0.25, 0.3) is 5.91 Å². The van der Waals surface area contributed by atoms with Crippen molar-refractivity contribution in [3.8, 4) is 22.2 Å². The number of benzene rings is 2. The van der Waals surface area contributed by atoms with E-state index in [0.717, 1.165) is 37.0 Å². The summed E-state index contributed by atoms with van der Waals surface area (Å²) in [4.78, 5) is 19.0. The highest BCUT2D eigenvalue weighted by molar-refractivity contribution is 7.16. The van der Waals surface area contributed by atoms with Crippen LogP contribution in [-0.2, 0) is 17.5 Å². The summed E-state index contributed by atoms with van der Waals surface area (Å²) in [7, 11) is 1.55. The Morgan fingerprint density at radius 3 is 2.60 bits per heavy atom. The first-order valence-electron chi connectivity index (χ1n) is 12.4. The number of imidazole rings is 1. The molecule has 40 heavy (non-hydrogen) atoms. The van der Waals surface area contributed by atoms with Crippen LogP contribution < -0.4 is 19.9 Å². The number of hydrogen-bond donors (Lipinski definition) is 1. The molecule has 4 aromatic rings. The molecule has 1 saturated heterocycles. The molecule has 0 spiro atoms. The summed E-state index contributed by atoms with van der Waals surface area (Å²) < 4.78 is 64.6. The third kappa shape index (κ3) is 6.01. The summed E-state index contributed by atoms with van der Waals surface area (Å²) >= 11 is 1.05. The van der Waals surface area contributed by atoms with Gasteiger partial charge in [-0.15, -0.1) is 11.3 Å². The van der Waals surface area contributed by atoms with Gasteiger partial charge in [0.1, 0.15) is 35.2 Å². The van der Waals surface area contributed by atoms with Gasteiger partial charge in [0.15, 0.2) is 11.5 Å². The number of primary amides is 1. The first-order valence-corrected chi connectivity index (χ1v) is 13.3. The third-order valence-corrected chi connectivity index (χ3v) is 7.58. The Kier molecular flexibility index (Phi) is 8.14. The maximum atomic E-state index is 13.4. The van der Waals surface area contributed by atoms with Gasteiger partial charge in [-0.1, -0.05) is 18.2 Å². The summed E-state index contributed by atoms with van der Waals surface area (Å²) in [6.45, 7) is 3.87. The average molecular weight is 577 g/mol. The Morgan fingerprint density at radius 1 is 1.10 bits per heavy atom. The summed E-state index contributed by atoms with van der Waals surface area (Å²) in [5.74, 6) is 0.378. The van der Waals surface area contributed by atoms with Gasteiger partial charge in [0.05, 0.1) is 36.9 Å². The smallest absolute Gasteiger partial charge is 0.416 e. The monoisotopic (exact) mass is 576 g/mol. The van der Waals surface area contributed by atoms with Crippen molar-refractivity contribution < 1.29 is 36.9 Å². The van der Waals surface area contributed by atoms with Crippen LogP contribution in [-0.4, -0.2) is 66.9 Å². The predicted octanol–water partition coefficient (Wildman–Crippen LogP) is 4.50. The minimum absolute atomic E-state index is 0.0581. The Hall–Kier alpha value is -3.81. The summed E-state index contributed by atoms with van der Waals surface area (Å²) in [5.41, 5.74) is 6.01. The van der Waals surface area contributed by atoms with Gasteiger partial charge in [-0.05, 0) is 6.07 Å². The number of ether oxygens (including phenoxy) is 4. The molecule has 9 nitrogen and oxygen atoms in total. The number of alkyl halides is 3. The SMILES string of the molecule is COc1cc2ncn(-c3cc(OCc4ccccc4C(F)(F)F)c(C(N)=O)s3)c2cc1OCCN1CCOCC1. The molecule has 0 saturated carbocycles. The third-order valence-electron chi connectivity index (χ3n) is 6.45. The van der Waals surface area contributed by atoms with Gasteiger partial charge in [0.2, 0.25) is 0 Å². The molecule has 1 amide bonds. The normalized spacial score (nSPS) is 14.4. The molecular weight excluding hydrogens is 549 g/mol. The van der Waals surface area contributed by atoms with Gasteiger partial charge in [-0.25, -0.2) is 4.98 Å². The van der Waals surface area contributed by atoms with Crippen molar-refractivity contribution in [2.45, 2.75) is 12.8 Å². The van der Waals surface area contributed by atoms with E-state index >= 15 is 0 Å². The van der Waals surface area contributed by atoms with Gasteiger partial charge >= 0.3 is 6.18 Å². The van der Waals surface area contributed by atoms with E-state index in [1.165, 1.54) is 18.2 Å². The van der Waals surface area contributed by atoms with Crippen molar-refractivity contribution in [3.63, 3.8) is 0 Å². The fourth-order valence-electron chi connectivity index (χ4n) is 4.41. The Balaban J connectivity index is 1.40.